The normalized spacial score (nSPS) is 10.7. The summed E-state index contributed by atoms with van der Waals surface area (Å²) in [4.78, 5) is 13.7. The van der Waals surface area contributed by atoms with E-state index in [0.717, 1.165) is 23.1 Å². The highest BCUT2D eigenvalue weighted by Crippen LogP contribution is 2.25. The minimum Gasteiger partial charge on any atom is -0.411 e. The van der Waals surface area contributed by atoms with Gasteiger partial charge in [0, 0.05) is 35.3 Å². The molecule has 0 spiro atoms. The first-order valence-electron chi connectivity index (χ1n) is 7.14. The zero-order valence-electron chi connectivity index (χ0n) is 12.6. The molecule has 0 unspecified atom stereocenters. The highest BCUT2D eigenvalue weighted by Gasteiger charge is 2.12. The predicted octanol–water partition coefficient (Wildman–Crippen LogP) is 3.85. The smallest absolute Gasteiger partial charge is 0.276 e. The molecule has 0 bridgehead atoms. The maximum atomic E-state index is 11.9. The fraction of sp³-hybridized carbons (Fsp3) is 0.400. The first-order valence-corrected chi connectivity index (χ1v) is 8.92. The van der Waals surface area contributed by atoms with E-state index in [2.05, 4.69) is 26.1 Å². The van der Waals surface area contributed by atoms with Crippen LogP contribution in [0.2, 0.25) is 0 Å². The summed E-state index contributed by atoms with van der Waals surface area (Å²) in [6.45, 7) is 5.45. The summed E-state index contributed by atoms with van der Waals surface area (Å²) >= 11 is 4.82. The van der Waals surface area contributed by atoms with Gasteiger partial charge in [-0.1, -0.05) is 33.8 Å². The third-order valence-electron chi connectivity index (χ3n) is 3.14. The van der Waals surface area contributed by atoms with Gasteiger partial charge in [-0.2, -0.15) is 0 Å². The number of carbonyl (C=O) groups excluding carboxylic acids is 1. The Morgan fingerprint density at radius 1 is 1.32 bits per heavy atom. The SMILES string of the molecule is CCN(CC)C(=O)CCSc1nnc(-c2cccc(Br)c2)o1. The Morgan fingerprint density at radius 2 is 2.09 bits per heavy atom. The van der Waals surface area contributed by atoms with E-state index >= 15 is 0 Å². The number of rotatable bonds is 7. The molecule has 0 aliphatic rings. The Balaban J connectivity index is 1.89. The number of hydrogen-bond acceptors (Lipinski definition) is 5. The van der Waals surface area contributed by atoms with Crippen molar-refractivity contribution in [3.8, 4) is 11.5 Å². The standard InChI is InChI=1S/C15H18BrN3O2S/c1-3-19(4-2)13(20)8-9-22-15-18-17-14(21-15)11-6-5-7-12(16)10-11/h5-7,10H,3-4,8-9H2,1-2H3. The van der Waals surface area contributed by atoms with Gasteiger partial charge in [0.1, 0.15) is 0 Å². The van der Waals surface area contributed by atoms with Crippen LogP contribution in [0.5, 0.6) is 0 Å². The quantitative estimate of drug-likeness (QED) is 0.679. The van der Waals surface area contributed by atoms with Crippen molar-refractivity contribution in [3.05, 3.63) is 28.7 Å². The molecule has 118 valence electrons. The second-order valence-electron chi connectivity index (χ2n) is 4.55. The van der Waals surface area contributed by atoms with Crippen molar-refractivity contribution in [2.75, 3.05) is 18.8 Å². The molecule has 2 rings (SSSR count). The molecule has 0 saturated heterocycles. The molecule has 0 saturated carbocycles. The van der Waals surface area contributed by atoms with E-state index in [1.165, 1.54) is 11.8 Å². The molecule has 0 fully saturated rings. The molecule has 0 atom stereocenters. The van der Waals surface area contributed by atoms with Gasteiger partial charge in [-0.15, -0.1) is 10.2 Å². The Labute approximate surface area is 142 Å². The third-order valence-corrected chi connectivity index (χ3v) is 4.45. The van der Waals surface area contributed by atoms with Gasteiger partial charge in [0.25, 0.3) is 5.22 Å². The molecular weight excluding hydrogens is 366 g/mol. The van der Waals surface area contributed by atoms with E-state index in [1.807, 2.05) is 43.0 Å². The molecule has 1 aromatic carbocycles. The van der Waals surface area contributed by atoms with E-state index in [4.69, 9.17) is 4.42 Å². The predicted molar refractivity (Wildman–Crippen MR) is 90.7 cm³/mol. The second-order valence-corrected chi connectivity index (χ2v) is 6.51. The van der Waals surface area contributed by atoms with Crippen molar-refractivity contribution >= 4 is 33.6 Å². The van der Waals surface area contributed by atoms with E-state index in [1.54, 1.807) is 0 Å². The average Bonchev–Trinajstić information content (AvgIpc) is 2.97. The van der Waals surface area contributed by atoms with Crippen LogP contribution in [0.25, 0.3) is 11.5 Å². The number of halogens is 1. The van der Waals surface area contributed by atoms with Crippen LogP contribution in [-0.2, 0) is 4.79 Å². The van der Waals surface area contributed by atoms with Crippen LogP contribution in [0, 0.1) is 0 Å². The van der Waals surface area contributed by atoms with E-state index in [0.29, 0.717) is 23.3 Å². The molecule has 2 aromatic rings. The van der Waals surface area contributed by atoms with Crippen molar-refractivity contribution in [2.45, 2.75) is 25.5 Å². The summed E-state index contributed by atoms with van der Waals surface area (Å²) < 4.78 is 6.58. The lowest BCUT2D eigenvalue weighted by Crippen LogP contribution is -2.30. The largest absolute Gasteiger partial charge is 0.411 e. The summed E-state index contributed by atoms with van der Waals surface area (Å²) in [5.74, 6) is 1.28. The molecular formula is C15H18BrN3O2S. The Morgan fingerprint density at radius 3 is 2.77 bits per heavy atom. The highest BCUT2D eigenvalue weighted by molar-refractivity contribution is 9.10. The van der Waals surface area contributed by atoms with Crippen LogP contribution in [-0.4, -0.2) is 39.8 Å². The van der Waals surface area contributed by atoms with Crippen LogP contribution >= 0.6 is 27.7 Å². The lowest BCUT2D eigenvalue weighted by molar-refractivity contribution is -0.130. The lowest BCUT2D eigenvalue weighted by atomic mass is 10.2. The first-order chi connectivity index (χ1) is 10.6. The fourth-order valence-corrected chi connectivity index (χ4v) is 3.05. The summed E-state index contributed by atoms with van der Waals surface area (Å²) in [6, 6.07) is 7.69. The van der Waals surface area contributed by atoms with Gasteiger partial charge in [-0.3, -0.25) is 4.79 Å². The summed E-state index contributed by atoms with van der Waals surface area (Å²) in [5.41, 5.74) is 0.868. The van der Waals surface area contributed by atoms with Gasteiger partial charge in [0.2, 0.25) is 11.8 Å². The number of amides is 1. The van der Waals surface area contributed by atoms with Gasteiger partial charge in [-0.25, -0.2) is 0 Å². The molecule has 1 aromatic heterocycles. The van der Waals surface area contributed by atoms with Crippen LogP contribution < -0.4 is 0 Å². The first kappa shape index (κ1) is 17.0. The van der Waals surface area contributed by atoms with E-state index in [-0.39, 0.29) is 5.91 Å². The van der Waals surface area contributed by atoms with Crippen molar-refractivity contribution in [3.63, 3.8) is 0 Å². The van der Waals surface area contributed by atoms with Gasteiger partial charge in [0.05, 0.1) is 0 Å². The zero-order valence-corrected chi connectivity index (χ0v) is 15.0. The Kier molecular flexibility index (Phi) is 6.45. The van der Waals surface area contributed by atoms with Crippen molar-refractivity contribution in [1.29, 1.82) is 0 Å². The van der Waals surface area contributed by atoms with Gasteiger partial charge < -0.3 is 9.32 Å². The molecule has 1 heterocycles. The summed E-state index contributed by atoms with van der Waals surface area (Å²) in [6.07, 6.45) is 0.473. The number of hydrogen-bond donors (Lipinski definition) is 0. The molecule has 0 N–H and O–H groups in total. The number of aromatic nitrogens is 2. The summed E-state index contributed by atoms with van der Waals surface area (Å²) in [5, 5.41) is 8.54. The molecule has 0 radical (unpaired) electrons. The van der Waals surface area contributed by atoms with Crippen LogP contribution in [0.15, 0.2) is 38.4 Å². The van der Waals surface area contributed by atoms with Crippen LogP contribution in [0.3, 0.4) is 0 Å². The molecule has 5 nitrogen and oxygen atoms in total. The molecule has 1 amide bonds. The van der Waals surface area contributed by atoms with Gasteiger partial charge in [-0.05, 0) is 32.0 Å². The van der Waals surface area contributed by atoms with Crippen molar-refractivity contribution < 1.29 is 9.21 Å². The van der Waals surface area contributed by atoms with Crippen LogP contribution in [0.1, 0.15) is 20.3 Å². The maximum Gasteiger partial charge on any atom is 0.276 e. The lowest BCUT2D eigenvalue weighted by Gasteiger charge is -2.17. The van der Waals surface area contributed by atoms with Crippen molar-refractivity contribution in [1.82, 2.24) is 15.1 Å². The maximum absolute atomic E-state index is 11.9. The Bertz CT molecular complexity index is 629. The average molecular weight is 384 g/mol. The van der Waals surface area contributed by atoms with Gasteiger partial charge >= 0.3 is 0 Å². The van der Waals surface area contributed by atoms with Crippen LogP contribution in [0.4, 0.5) is 0 Å². The highest BCUT2D eigenvalue weighted by atomic mass is 79.9. The topological polar surface area (TPSA) is 59.2 Å². The van der Waals surface area contributed by atoms with E-state index < -0.39 is 0 Å². The molecule has 0 aliphatic heterocycles. The number of thioether (sulfide) groups is 1. The number of benzene rings is 1. The molecule has 7 heteroatoms. The zero-order chi connectivity index (χ0) is 15.9. The third kappa shape index (κ3) is 4.58. The minimum absolute atomic E-state index is 0.157. The molecule has 22 heavy (non-hydrogen) atoms. The van der Waals surface area contributed by atoms with Crippen molar-refractivity contribution in [2.24, 2.45) is 0 Å². The minimum atomic E-state index is 0.157. The number of nitrogens with zero attached hydrogens (tertiary/aromatic N) is 3. The molecule has 0 aliphatic carbocycles. The fourth-order valence-electron chi connectivity index (χ4n) is 1.97. The Hall–Kier alpha value is -1.34. The van der Waals surface area contributed by atoms with E-state index in [9.17, 15) is 4.79 Å². The van der Waals surface area contributed by atoms with Gasteiger partial charge in [0.15, 0.2) is 0 Å². The number of carbonyl (C=O) groups is 1. The monoisotopic (exact) mass is 383 g/mol. The second kappa shape index (κ2) is 8.33. The summed E-state index contributed by atoms with van der Waals surface area (Å²) in [7, 11) is 0.